The van der Waals surface area contributed by atoms with Crippen molar-refractivity contribution >= 4 is 15.9 Å². The Kier molecular flexibility index (Phi) is 3.70. The Morgan fingerprint density at radius 1 is 1.19 bits per heavy atom. The Bertz CT molecular complexity index is 789. The molecule has 3 aromatic rings. The van der Waals surface area contributed by atoms with Crippen LogP contribution in [0.2, 0.25) is 0 Å². The Morgan fingerprint density at radius 2 is 2.00 bits per heavy atom. The number of para-hydroxylation sites is 1. The van der Waals surface area contributed by atoms with Gasteiger partial charge in [0.2, 0.25) is 11.7 Å². The lowest BCUT2D eigenvalue weighted by Crippen LogP contribution is -1.89. The molecule has 0 aliphatic rings. The molecule has 21 heavy (non-hydrogen) atoms. The Morgan fingerprint density at radius 3 is 2.76 bits per heavy atom. The van der Waals surface area contributed by atoms with E-state index in [1.54, 1.807) is 30.3 Å². The highest BCUT2D eigenvalue weighted by atomic mass is 79.9. The van der Waals surface area contributed by atoms with Crippen LogP contribution in [-0.2, 0) is 6.42 Å². The molecule has 0 aliphatic carbocycles. The van der Waals surface area contributed by atoms with Gasteiger partial charge < -0.3 is 9.63 Å². The Hall–Kier alpha value is -2.21. The Labute approximate surface area is 128 Å². The zero-order valence-electron chi connectivity index (χ0n) is 10.8. The Balaban J connectivity index is 1.86. The lowest BCUT2D eigenvalue weighted by Gasteiger charge is -1.99. The molecule has 1 heterocycles. The van der Waals surface area contributed by atoms with Crippen LogP contribution >= 0.6 is 15.9 Å². The van der Waals surface area contributed by atoms with Crippen molar-refractivity contribution in [2.45, 2.75) is 6.42 Å². The van der Waals surface area contributed by atoms with E-state index in [0.29, 0.717) is 33.7 Å². The van der Waals surface area contributed by atoms with E-state index in [9.17, 15) is 9.50 Å². The molecule has 0 radical (unpaired) electrons. The molecule has 0 atom stereocenters. The van der Waals surface area contributed by atoms with E-state index >= 15 is 0 Å². The van der Waals surface area contributed by atoms with Crippen LogP contribution in [0.15, 0.2) is 51.5 Å². The molecule has 3 rings (SSSR count). The van der Waals surface area contributed by atoms with Crippen molar-refractivity contribution in [3.63, 3.8) is 0 Å². The number of phenols is 1. The average Bonchev–Trinajstić information content (AvgIpc) is 2.93. The van der Waals surface area contributed by atoms with Crippen LogP contribution in [0, 0.1) is 5.82 Å². The molecule has 0 amide bonds. The van der Waals surface area contributed by atoms with Crippen molar-refractivity contribution in [2.24, 2.45) is 0 Å². The number of aromatic nitrogens is 2. The fraction of sp³-hybridized carbons (Fsp3) is 0.0667. The molecule has 0 fully saturated rings. The maximum absolute atomic E-state index is 13.2. The quantitative estimate of drug-likeness (QED) is 0.778. The molecular formula is C15H10BrFN2O2. The summed E-state index contributed by atoms with van der Waals surface area (Å²) in [5.41, 5.74) is 1.35. The van der Waals surface area contributed by atoms with Gasteiger partial charge in [-0.25, -0.2) is 4.39 Å². The number of aromatic hydroxyl groups is 1. The summed E-state index contributed by atoms with van der Waals surface area (Å²) in [4.78, 5) is 4.26. The van der Waals surface area contributed by atoms with Gasteiger partial charge in [-0.1, -0.05) is 23.4 Å². The first-order valence-corrected chi connectivity index (χ1v) is 6.97. The summed E-state index contributed by atoms with van der Waals surface area (Å²) < 4.78 is 18.7. The fourth-order valence-electron chi connectivity index (χ4n) is 1.90. The molecule has 0 spiro atoms. The van der Waals surface area contributed by atoms with Crippen molar-refractivity contribution < 1.29 is 14.0 Å². The monoisotopic (exact) mass is 348 g/mol. The predicted octanol–water partition coefficient (Wildman–Crippen LogP) is 3.93. The van der Waals surface area contributed by atoms with Gasteiger partial charge in [-0.15, -0.1) is 0 Å². The van der Waals surface area contributed by atoms with E-state index in [1.165, 1.54) is 6.07 Å². The number of benzene rings is 2. The molecule has 0 aliphatic heterocycles. The normalized spacial score (nSPS) is 10.8. The van der Waals surface area contributed by atoms with Gasteiger partial charge in [0.05, 0.1) is 10.9 Å². The highest BCUT2D eigenvalue weighted by Gasteiger charge is 2.12. The van der Waals surface area contributed by atoms with Gasteiger partial charge >= 0.3 is 0 Å². The SMILES string of the molecule is Oc1ccccc1Cc1nc(-c2ccc(F)c(Br)c2)no1. The second-order valence-electron chi connectivity index (χ2n) is 4.45. The summed E-state index contributed by atoms with van der Waals surface area (Å²) >= 11 is 3.12. The molecule has 0 bridgehead atoms. The number of nitrogens with zero attached hydrogens (tertiary/aromatic N) is 2. The second kappa shape index (κ2) is 5.65. The largest absolute Gasteiger partial charge is 0.508 e. The van der Waals surface area contributed by atoms with Crippen LogP contribution < -0.4 is 0 Å². The lowest BCUT2D eigenvalue weighted by molar-refractivity contribution is 0.383. The number of halogens is 2. The van der Waals surface area contributed by atoms with Gasteiger partial charge in [0, 0.05) is 11.1 Å². The third-order valence-electron chi connectivity index (χ3n) is 2.98. The van der Waals surface area contributed by atoms with Crippen molar-refractivity contribution in [2.75, 3.05) is 0 Å². The van der Waals surface area contributed by atoms with Gasteiger partial charge in [0.1, 0.15) is 11.6 Å². The molecule has 1 N–H and O–H groups in total. The minimum Gasteiger partial charge on any atom is -0.508 e. The lowest BCUT2D eigenvalue weighted by atomic mass is 10.1. The van der Waals surface area contributed by atoms with Gasteiger partial charge in [0.15, 0.2) is 0 Å². The van der Waals surface area contributed by atoms with Crippen LogP contribution in [0.3, 0.4) is 0 Å². The first-order valence-electron chi connectivity index (χ1n) is 6.18. The van der Waals surface area contributed by atoms with Crippen molar-refractivity contribution in [3.05, 3.63) is 64.2 Å². The molecular weight excluding hydrogens is 339 g/mol. The smallest absolute Gasteiger partial charge is 0.231 e. The van der Waals surface area contributed by atoms with Crippen molar-refractivity contribution in [1.29, 1.82) is 0 Å². The molecule has 4 nitrogen and oxygen atoms in total. The minimum absolute atomic E-state index is 0.182. The molecule has 2 aromatic carbocycles. The van der Waals surface area contributed by atoms with Crippen LogP contribution in [0.25, 0.3) is 11.4 Å². The number of hydrogen-bond donors (Lipinski definition) is 1. The summed E-state index contributed by atoms with van der Waals surface area (Å²) in [6, 6.07) is 11.5. The van der Waals surface area contributed by atoms with Gasteiger partial charge in [0.25, 0.3) is 0 Å². The third kappa shape index (κ3) is 2.95. The third-order valence-corrected chi connectivity index (χ3v) is 3.59. The van der Waals surface area contributed by atoms with E-state index in [2.05, 4.69) is 26.1 Å². The van der Waals surface area contributed by atoms with E-state index < -0.39 is 0 Å². The van der Waals surface area contributed by atoms with Gasteiger partial charge in [-0.3, -0.25) is 0 Å². The summed E-state index contributed by atoms with van der Waals surface area (Å²) in [5, 5.41) is 13.6. The molecule has 0 saturated heterocycles. The summed E-state index contributed by atoms with van der Waals surface area (Å²) in [6.45, 7) is 0. The summed E-state index contributed by atoms with van der Waals surface area (Å²) in [7, 11) is 0. The zero-order valence-corrected chi connectivity index (χ0v) is 12.3. The topological polar surface area (TPSA) is 59.2 Å². The first kappa shape index (κ1) is 13.8. The minimum atomic E-state index is -0.350. The van der Waals surface area contributed by atoms with E-state index in [1.807, 2.05) is 6.07 Å². The van der Waals surface area contributed by atoms with Crippen molar-refractivity contribution in [3.8, 4) is 17.1 Å². The summed E-state index contributed by atoms with van der Waals surface area (Å²) in [5.74, 6) is 0.589. The van der Waals surface area contributed by atoms with Gasteiger partial charge in [-0.05, 0) is 40.2 Å². The standard InChI is InChI=1S/C15H10BrFN2O2/c16-11-7-10(5-6-12(11)17)15-18-14(21-19-15)8-9-3-1-2-4-13(9)20/h1-7,20H,8H2. The molecule has 106 valence electrons. The zero-order chi connectivity index (χ0) is 14.8. The van der Waals surface area contributed by atoms with Crippen LogP contribution in [-0.4, -0.2) is 15.2 Å². The van der Waals surface area contributed by atoms with E-state index in [-0.39, 0.29) is 11.6 Å². The fourth-order valence-corrected chi connectivity index (χ4v) is 2.28. The highest BCUT2D eigenvalue weighted by Crippen LogP contribution is 2.24. The molecule has 0 unspecified atom stereocenters. The maximum atomic E-state index is 13.2. The van der Waals surface area contributed by atoms with E-state index in [0.717, 1.165) is 0 Å². The average molecular weight is 349 g/mol. The first-order chi connectivity index (χ1) is 10.1. The summed E-state index contributed by atoms with van der Waals surface area (Å²) in [6.07, 6.45) is 0.335. The second-order valence-corrected chi connectivity index (χ2v) is 5.30. The van der Waals surface area contributed by atoms with Crippen LogP contribution in [0.4, 0.5) is 4.39 Å². The van der Waals surface area contributed by atoms with Crippen LogP contribution in [0.5, 0.6) is 5.75 Å². The van der Waals surface area contributed by atoms with E-state index in [4.69, 9.17) is 4.52 Å². The van der Waals surface area contributed by atoms with Crippen molar-refractivity contribution in [1.82, 2.24) is 10.1 Å². The molecule has 1 aromatic heterocycles. The highest BCUT2D eigenvalue weighted by molar-refractivity contribution is 9.10. The number of phenolic OH excluding ortho intramolecular Hbond substituents is 1. The predicted molar refractivity (Wildman–Crippen MR) is 78.3 cm³/mol. The van der Waals surface area contributed by atoms with Gasteiger partial charge in [-0.2, -0.15) is 4.98 Å². The van der Waals surface area contributed by atoms with Crippen LogP contribution in [0.1, 0.15) is 11.5 Å². The molecule has 0 saturated carbocycles. The number of rotatable bonds is 3. The maximum Gasteiger partial charge on any atom is 0.231 e. The molecule has 6 heteroatoms. The number of hydrogen-bond acceptors (Lipinski definition) is 4.